The molecule has 0 heterocycles. The number of amides is 2. The van der Waals surface area contributed by atoms with Crippen molar-refractivity contribution in [2.24, 2.45) is 5.92 Å². The van der Waals surface area contributed by atoms with E-state index in [0.717, 1.165) is 0 Å². The zero-order chi connectivity index (χ0) is 14.3. The van der Waals surface area contributed by atoms with E-state index in [4.69, 9.17) is 0 Å². The largest absolute Gasteiger partial charge is 0.352 e. The monoisotopic (exact) mass is 299 g/mol. The fourth-order valence-electron chi connectivity index (χ4n) is 1.63. The van der Waals surface area contributed by atoms with Gasteiger partial charge in [0.15, 0.2) is 0 Å². The SMILES string of the molecule is CCNC(=O)c1ccc(NC(=O)C(C)CNC)cc1.Cl. The standard InChI is InChI=1S/C14H21N3O2.ClH/c1-4-16-14(19)11-5-7-12(8-6-11)17-13(18)10(2)9-15-3;/h5-8,10,15H,4,9H2,1-3H3,(H,16,19)(H,17,18);1H. The van der Waals surface area contributed by atoms with Crippen LogP contribution in [0.25, 0.3) is 0 Å². The molecule has 1 unspecified atom stereocenters. The third kappa shape index (κ3) is 5.59. The molecule has 0 saturated heterocycles. The zero-order valence-corrected chi connectivity index (χ0v) is 12.8. The molecule has 1 rings (SSSR count). The van der Waals surface area contributed by atoms with Gasteiger partial charge in [-0.3, -0.25) is 9.59 Å². The van der Waals surface area contributed by atoms with Crippen LogP contribution in [0.2, 0.25) is 0 Å². The van der Waals surface area contributed by atoms with Crippen LogP contribution in [-0.4, -0.2) is 32.0 Å². The molecular weight excluding hydrogens is 278 g/mol. The molecule has 0 saturated carbocycles. The van der Waals surface area contributed by atoms with Crippen molar-refractivity contribution in [3.63, 3.8) is 0 Å². The number of rotatable bonds is 6. The average Bonchev–Trinajstić information content (AvgIpc) is 2.40. The van der Waals surface area contributed by atoms with Crippen molar-refractivity contribution in [3.05, 3.63) is 29.8 Å². The van der Waals surface area contributed by atoms with Crippen molar-refractivity contribution in [1.82, 2.24) is 10.6 Å². The molecule has 0 aliphatic carbocycles. The molecular formula is C14H22ClN3O2. The van der Waals surface area contributed by atoms with Crippen molar-refractivity contribution in [2.45, 2.75) is 13.8 Å². The Morgan fingerprint density at radius 3 is 2.30 bits per heavy atom. The molecule has 0 spiro atoms. The van der Waals surface area contributed by atoms with Crippen LogP contribution in [0.3, 0.4) is 0 Å². The summed E-state index contributed by atoms with van der Waals surface area (Å²) in [7, 11) is 1.81. The first-order chi connectivity index (χ1) is 9.08. The fourth-order valence-corrected chi connectivity index (χ4v) is 1.63. The van der Waals surface area contributed by atoms with Gasteiger partial charge in [-0.1, -0.05) is 6.92 Å². The molecule has 0 fully saturated rings. The van der Waals surface area contributed by atoms with Gasteiger partial charge in [0.2, 0.25) is 5.91 Å². The quantitative estimate of drug-likeness (QED) is 0.748. The van der Waals surface area contributed by atoms with E-state index < -0.39 is 0 Å². The van der Waals surface area contributed by atoms with Crippen LogP contribution in [0.1, 0.15) is 24.2 Å². The number of hydrogen-bond donors (Lipinski definition) is 3. The number of anilines is 1. The molecule has 20 heavy (non-hydrogen) atoms. The number of carbonyl (C=O) groups excluding carboxylic acids is 2. The van der Waals surface area contributed by atoms with Gasteiger partial charge in [0.05, 0.1) is 0 Å². The summed E-state index contributed by atoms with van der Waals surface area (Å²) in [5.41, 5.74) is 1.28. The third-order valence-corrected chi connectivity index (χ3v) is 2.71. The van der Waals surface area contributed by atoms with E-state index in [2.05, 4.69) is 16.0 Å². The molecule has 0 aliphatic heterocycles. The van der Waals surface area contributed by atoms with Gasteiger partial charge in [-0.05, 0) is 38.2 Å². The minimum atomic E-state index is -0.107. The number of benzene rings is 1. The summed E-state index contributed by atoms with van der Waals surface area (Å²) in [5, 5.41) is 8.49. The van der Waals surface area contributed by atoms with Gasteiger partial charge in [0.1, 0.15) is 0 Å². The van der Waals surface area contributed by atoms with Crippen LogP contribution in [0.5, 0.6) is 0 Å². The van der Waals surface area contributed by atoms with Crippen LogP contribution < -0.4 is 16.0 Å². The lowest BCUT2D eigenvalue weighted by Crippen LogP contribution is -2.28. The Hall–Kier alpha value is -1.59. The number of hydrogen-bond acceptors (Lipinski definition) is 3. The van der Waals surface area contributed by atoms with Gasteiger partial charge in [0, 0.05) is 30.3 Å². The van der Waals surface area contributed by atoms with Gasteiger partial charge in [-0.2, -0.15) is 0 Å². The maximum Gasteiger partial charge on any atom is 0.251 e. The molecule has 3 N–H and O–H groups in total. The summed E-state index contributed by atoms with van der Waals surface area (Å²) in [6.07, 6.45) is 0. The third-order valence-electron chi connectivity index (χ3n) is 2.71. The topological polar surface area (TPSA) is 70.2 Å². The second kappa shape index (κ2) is 9.34. The summed E-state index contributed by atoms with van der Waals surface area (Å²) < 4.78 is 0. The smallest absolute Gasteiger partial charge is 0.251 e. The van der Waals surface area contributed by atoms with Crippen LogP contribution >= 0.6 is 12.4 Å². The van der Waals surface area contributed by atoms with E-state index in [-0.39, 0.29) is 30.1 Å². The van der Waals surface area contributed by atoms with Crippen LogP contribution in [0.4, 0.5) is 5.69 Å². The molecule has 112 valence electrons. The molecule has 2 amide bonds. The highest BCUT2D eigenvalue weighted by atomic mass is 35.5. The number of halogens is 1. The molecule has 0 bridgehead atoms. The second-order valence-corrected chi connectivity index (χ2v) is 4.38. The number of nitrogens with one attached hydrogen (secondary N) is 3. The predicted molar refractivity (Wildman–Crippen MR) is 83.4 cm³/mol. The van der Waals surface area contributed by atoms with Crippen molar-refractivity contribution in [1.29, 1.82) is 0 Å². The molecule has 1 aromatic carbocycles. The first-order valence-electron chi connectivity index (χ1n) is 6.42. The van der Waals surface area contributed by atoms with Gasteiger partial charge in [0.25, 0.3) is 5.91 Å². The van der Waals surface area contributed by atoms with Gasteiger partial charge in [-0.25, -0.2) is 0 Å². The van der Waals surface area contributed by atoms with E-state index in [1.807, 2.05) is 20.9 Å². The van der Waals surface area contributed by atoms with E-state index in [1.165, 1.54) is 0 Å². The van der Waals surface area contributed by atoms with E-state index in [9.17, 15) is 9.59 Å². The zero-order valence-electron chi connectivity index (χ0n) is 12.0. The van der Waals surface area contributed by atoms with Gasteiger partial charge < -0.3 is 16.0 Å². The predicted octanol–water partition coefficient (Wildman–Crippen LogP) is 1.65. The average molecular weight is 300 g/mol. The van der Waals surface area contributed by atoms with Crippen LogP contribution in [0, 0.1) is 5.92 Å². The summed E-state index contributed by atoms with van der Waals surface area (Å²) in [6, 6.07) is 6.86. The molecule has 0 aromatic heterocycles. The van der Waals surface area contributed by atoms with Crippen molar-refractivity contribution < 1.29 is 9.59 Å². The summed E-state index contributed by atoms with van der Waals surface area (Å²) in [6.45, 7) is 4.95. The molecule has 0 radical (unpaired) electrons. The van der Waals surface area contributed by atoms with Crippen molar-refractivity contribution in [2.75, 3.05) is 25.5 Å². The Labute approximate surface area is 125 Å². The lowest BCUT2D eigenvalue weighted by Gasteiger charge is -2.11. The minimum Gasteiger partial charge on any atom is -0.352 e. The highest BCUT2D eigenvalue weighted by molar-refractivity contribution is 5.96. The fraction of sp³-hybridized carbons (Fsp3) is 0.429. The lowest BCUT2D eigenvalue weighted by molar-refractivity contribution is -0.119. The first-order valence-corrected chi connectivity index (χ1v) is 6.42. The molecule has 6 heteroatoms. The lowest BCUT2D eigenvalue weighted by atomic mass is 10.1. The van der Waals surface area contributed by atoms with Crippen molar-refractivity contribution >= 4 is 29.9 Å². The Morgan fingerprint density at radius 2 is 1.80 bits per heavy atom. The van der Waals surface area contributed by atoms with Gasteiger partial charge >= 0.3 is 0 Å². The Morgan fingerprint density at radius 1 is 1.20 bits per heavy atom. The first kappa shape index (κ1) is 18.4. The van der Waals surface area contributed by atoms with E-state index >= 15 is 0 Å². The van der Waals surface area contributed by atoms with Crippen LogP contribution in [0.15, 0.2) is 24.3 Å². The van der Waals surface area contributed by atoms with Crippen molar-refractivity contribution in [3.8, 4) is 0 Å². The molecule has 1 aromatic rings. The second-order valence-electron chi connectivity index (χ2n) is 4.38. The Kier molecular flexibility index (Phi) is 8.59. The summed E-state index contributed by atoms with van der Waals surface area (Å²) >= 11 is 0. The summed E-state index contributed by atoms with van der Waals surface area (Å²) in [4.78, 5) is 23.4. The Bertz CT molecular complexity index is 435. The summed E-state index contributed by atoms with van der Waals surface area (Å²) in [5.74, 6) is -0.253. The van der Waals surface area contributed by atoms with E-state index in [0.29, 0.717) is 24.3 Å². The normalized spacial score (nSPS) is 11.2. The maximum absolute atomic E-state index is 11.8. The Balaban J connectivity index is 0.00000361. The van der Waals surface area contributed by atoms with Gasteiger partial charge in [-0.15, -0.1) is 12.4 Å². The molecule has 5 nitrogen and oxygen atoms in total. The highest BCUT2D eigenvalue weighted by Crippen LogP contribution is 2.11. The highest BCUT2D eigenvalue weighted by Gasteiger charge is 2.12. The van der Waals surface area contributed by atoms with E-state index in [1.54, 1.807) is 24.3 Å². The number of carbonyl (C=O) groups is 2. The minimum absolute atomic E-state index is 0. The molecule has 0 aliphatic rings. The molecule has 1 atom stereocenters. The maximum atomic E-state index is 11.8. The van der Waals surface area contributed by atoms with Crippen LogP contribution in [-0.2, 0) is 4.79 Å².